The van der Waals surface area contributed by atoms with Gasteiger partial charge in [-0.05, 0) is 44.4 Å². The molecule has 2 heterocycles. The molecule has 2 N–H and O–H groups in total. The molecule has 2 aliphatic rings. The van der Waals surface area contributed by atoms with Gasteiger partial charge < -0.3 is 9.52 Å². The number of likely N-dealkylation sites (tertiary alicyclic amines) is 1. The molecule has 7 heteroatoms. The summed E-state index contributed by atoms with van der Waals surface area (Å²) in [5.41, 5.74) is 0. The predicted octanol–water partition coefficient (Wildman–Crippen LogP) is 1.60. The minimum atomic E-state index is -3.25. The Bertz CT molecular complexity index is 607. The molecule has 1 unspecified atom stereocenters. The standard InChI is InChI=1S/C16H26N2O4S/c19-12-15-8-7-14(22-15)10-18-9-3-6-16(11-18)23(20,21)17-13-4-1-2-5-13/h7-8,13,16-17,19H,1-6,9-12H2. The summed E-state index contributed by atoms with van der Waals surface area (Å²) in [5.74, 6) is 1.32. The zero-order valence-corrected chi connectivity index (χ0v) is 14.2. The number of piperidine rings is 1. The highest BCUT2D eigenvalue weighted by atomic mass is 32.2. The molecule has 23 heavy (non-hydrogen) atoms. The highest BCUT2D eigenvalue weighted by Crippen LogP contribution is 2.23. The minimum Gasteiger partial charge on any atom is -0.462 e. The number of aliphatic hydroxyl groups excluding tert-OH is 1. The second-order valence-electron chi connectivity index (χ2n) is 6.67. The van der Waals surface area contributed by atoms with E-state index in [1.165, 1.54) is 0 Å². The molecule has 6 nitrogen and oxygen atoms in total. The van der Waals surface area contributed by atoms with E-state index in [2.05, 4.69) is 9.62 Å². The average molecular weight is 342 g/mol. The van der Waals surface area contributed by atoms with E-state index >= 15 is 0 Å². The van der Waals surface area contributed by atoms with Gasteiger partial charge in [-0.25, -0.2) is 13.1 Å². The third-order valence-corrected chi connectivity index (χ3v) is 6.76. The fourth-order valence-corrected chi connectivity index (χ4v) is 5.37. The van der Waals surface area contributed by atoms with Crippen LogP contribution in [0.2, 0.25) is 0 Å². The van der Waals surface area contributed by atoms with Crippen LogP contribution in [-0.2, 0) is 23.2 Å². The normalized spacial score (nSPS) is 24.3. The van der Waals surface area contributed by atoms with Crippen LogP contribution >= 0.6 is 0 Å². The average Bonchev–Trinajstić information content (AvgIpc) is 3.19. The molecule has 1 saturated heterocycles. The van der Waals surface area contributed by atoms with Crippen LogP contribution in [0.1, 0.15) is 50.0 Å². The van der Waals surface area contributed by atoms with Crippen LogP contribution in [0.3, 0.4) is 0 Å². The molecule has 2 fully saturated rings. The van der Waals surface area contributed by atoms with Crippen LogP contribution in [0.25, 0.3) is 0 Å². The molecule has 1 aromatic rings. The number of nitrogens with zero attached hydrogens (tertiary/aromatic N) is 1. The maximum atomic E-state index is 12.6. The van der Waals surface area contributed by atoms with Crippen molar-refractivity contribution in [1.29, 1.82) is 0 Å². The summed E-state index contributed by atoms with van der Waals surface area (Å²) < 4.78 is 33.6. The van der Waals surface area contributed by atoms with Crippen molar-refractivity contribution < 1.29 is 17.9 Å². The Morgan fingerprint density at radius 3 is 2.61 bits per heavy atom. The van der Waals surface area contributed by atoms with Crippen molar-refractivity contribution in [2.45, 2.75) is 63.0 Å². The molecular formula is C16H26N2O4S. The van der Waals surface area contributed by atoms with E-state index in [9.17, 15) is 8.42 Å². The molecule has 0 aromatic carbocycles. The van der Waals surface area contributed by atoms with E-state index in [1.807, 2.05) is 6.07 Å². The van der Waals surface area contributed by atoms with Crippen LogP contribution in [0.5, 0.6) is 0 Å². The van der Waals surface area contributed by atoms with Gasteiger partial charge in [0.2, 0.25) is 10.0 Å². The third kappa shape index (κ3) is 4.35. The molecule has 130 valence electrons. The van der Waals surface area contributed by atoms with E-state index in [-0.39, 0.29) is 17.9 Å². The van der Waals surface area contributed by atoms with Gasteiger partial charge in [-0.2, -0.15) is 0 Å². The Balaban J connectivity index is 1.58. The first-order valence-corrected chi connectivity index (χ1v) is 10.0. The Morgan fingerprint density at radius 2 is 1.91 bits per heavy atom. The maximum absolute atomic E-state index is 12.6. The Hall–Kier alpha value is -0.890. The number of hydrogen-bond acceptors (Lipinski definition) is 5. The van der Waals surface area contributed by atoms with Gasteiger partial charge in [-0.1, -0.05) is 12.8 Å². The summed E-state index contributed by atoms with van der Waals surface area (Å²) in [6.45, 7) is 1.90. The van der Waals surface area contributed by atoms with Gasteiger partial charge in [0.1, 0.15) is 18.1 Å². The summed E-state index contributed by atoms with van der Waals surface area (Å²) in [4.78, 5) is 2.13. The van der Waals surface area contributed by atoms with Crippen LogP contribution in [0, 0.1) is 0 Å². The topological polar surface area (TPSA) is 82.8 Å². The van der Waals surface area contributed by atoms with E-state index in [0.717, 1.165) is 50.8 Å². The molecule has 0 spiro atoms. The van der Waals surface area contributed by atoms with Crippen LogP contribution < -0.4 is 4.72 Å². The van der Waals surface area contributed by atoms with Gasteiger partial charge in [0.05, 0.1) is 11.8 Å². The van der Waals surface area contributed by atoms with Crippen LogP contribution in [0.4, 0.5) is 0 Å². The molecule has 3 rings (SSSR count). The lowest BCUT2D eigenvalue weighted by Gasteiger charge is -2.32. The second kappa shape index (κ2) is 7.34. The monoisotopic (exact) mass is 342 g/mol. The fourth-order valence-electron chi connectivity index (χ4n) is 3.59. The SMILES string of the molecule is O=S(=O)(NC1CCCC1)C1CCCN(Cc2ccc(CO)o2)C1. The number of nitrogens with one attached hydrogen (secondary N) is 1. The molecular weight excluding hydrogens is 316 g/mol. The van der Waals surface area contributed by atoms with Crippen molar-refractivity contribution in [2.75, 3.05) is 13.1 Å². The van der Waals surface area contributed by atoms with Gasteiger partial charge in [-0.3, -0.25) is 4.90 Å². The maximum Gasteiger partial charge on any atom is 0.215 e. The number of aliphatic hydroxyl groups is 1. The minimum absolute atomic E-state index is 0.109. The number of furan rings is 1. The van der Waals surface area contributed by atoms with Crippen molar-refractivity contribution in [3.05, 3.63) is 23.7 Å². The van der Waals surface area contributed by atoms with E-state index in [0.29, 0.717) is 18.8 Å². The summed E-state index contributed by atoms with van der Waals surface area (Å²) in [6, 6.07) is 3.74. The van der Waals surface area contributed by atoms with Crippen molar-refractivity contribution in [2.24, 2.45) is 0 Å². The van der Waals surface area contributed by atoms with Crippen molar-refractivity contribution in [3.8, 4) is 0 Å². The first-order chi connectivity index (χ1) is 11.1. The van der Waals surface area contributed by atoms with Crippen LogP contribution in [0.15, 0.2) is 16.5 Å². The summed E-state index contributed by atoms with van der Waals surface area (Å²) in [7, 11) is -3.25. The van der Waals surface area contributed by atoms with E-state index in [1.54, 1.807) is 6.07 Å². The quantitative estimate of drug-likeness (QED) is 0.820. The van der Waals surface area contributed by atoms with Crippen molar-refractivity contribution in [1.82, 2.24) is 9.62 Å². The molecule has 1 atom stereocenters. The van der Waals surface area contributed by atoms with Gasteiger partial charge in [0, 0.05) is 12.6 Å². The zero-order valence-electron chi connectivity index (χ0n) is 13.4. The van der Waals surface area contributed by atoms with E-state index in [4.69, 9.17) is 9.52 Å². The smallest absolute Gasteiger partial charge is 0.215 e. The number of hydrogen-bond donors (Lipinski definition) is 2. The van der Waals surface area contributed by atoms with Gasteiger partial charge in [0.15, 0.2) is 0 Å². The lowest BCUT2D eigenvalue weighted by atomic mass is 10.1. The molecule has 1 aromatic heterocycles. The molecule has 0 radical (unpaired) electrons. The zero-order chi connectivity index (χ0) is 16.3. The summed E-state index contributed by atoms with van der Waals surface area (Å²) in [5, 5.41) is 8.70. The van der Waals surface area contributed by atoms with Crippen molar-refractivity contribution in [3.63, 3.8) is 0 Å². The molecule has 0 bridgehead atoms. The Labute approximate surface area is 137 Å². The van der Waals surface area contributed by atoms with Gasteiger partial charge in [-0.15, -0.1) is 0 Å². The lowest BCUT2D eigenvalue weighted by Crippen LogP contribution is -2.48. The third-order valence-electron chi connectivity index (χ3n) is 4.84. The first-order valence-electron chi connectivity index (χ1n) is 8.49. The summed E-state index contributed by atoms with van der Waals surface area (Å²) in [6.07, 6.45) is 5.77. The van der Waals surface area contributed by atoms with E-state index < -0.39 is 10.0 Å². The largest absolute Gasteiger partial charge is 0.462 e. The number of rotatable bonds is 6. The Kier molecular flexibility index (Phi) is 5.41. The van der Waals surface area contributed by atoms with Crippen LogP contribution in [-0.4, -0.2) is 42.8 Å². The summed E-state index contributed by atoms with van der Waals surface area (Å²) >= 11 is 0. The number of sulfonamides is 1. The Morgan fingerprint density at radius 1 is 1.17 bits per heavy atom. The second-order valence-corrected chi connectivity index (χ2v) is 8.66. The molecule has 0 amide bonds. The fraction of sp³-hybridized carbons (Fsp3) is 0.750. The molecule has 1 aliphatic heterocycles. The highest BCUT2D eigenvalue weighted by molar-refractivity contribution is 7.90. The first kappa shape index (κ1) is 17.0. The van der Waals surface area contributed by atoms with Gasteiger partial charge >= 0.3 is 0 Å². The van der Waals surface area contributed by atoms with Crippen molar-refractivity contribution >= 4 is 10.0 Å². The lowest BCUT2D eigenvalue weighted by molar-refractivity contribution is 0.195. The highest BCUT2D eigenvalue weighted by Gasteiger charge is 2.33. The predicted molar refractivity (Wildman–Crippen MR) is 87.2 cm³/mol. The van der Waals surface area contributed by atoms with Gasteiger partial charge in [0.25, 0.3) is 0 Å². The molecule has 1 aliphatic carbocycles. The molecule has 1 saturated carbocycles.